The van der Waals surface area contributed by atoms with E-state index in [0.717, 1.165) is 16.9 Å². The Morgan fingerprint density at radius 3 is 2.68 bits per heavy atom. The molecule has 0 spiro atoms. The summed E-state index contributed by atoms with van der Waals surface area (Å²) in [6, 6.07) is 14.6. The lowest BCUT2D eigenvalue weighted by atomic mass is 10.1. The van der Waals surface area contributed by atoms with Crippen LogP contribution >= 0.6 is 0 Å². The van der Waals surface area contributed by atoms with Gasteiger partial charge >= 0.3 is 0 Å². The summed E-state index contributed by atoms with van der Waals surface area (Å²) < 4.78 is 15.4. The molecule has 128 valence electrons. The molecule has 0 fully saturated rings. The van der Waals surface area contributed by atoms with Crippen LogP contribution in [0.5, 0.6) is 11.5 Å². The van der Waals surface area contributed by atoms with Gasteiger partial charge in [0.05, 0.1) is 7.11 Å². The third-order valence-corrected chi connectivity index (χ3v) is 3.53. The van der Waals surface area contributed by atoms with Gasteiger partial charge in [-0.1, -0.05) is 18.2 Å². The number of hydrogen-bond acceptors (Lipinski definition) is 6. The van der Waals surface area contributed by atoms with Crippen molar-refractivity contribution >= 4 is 11.7 Å². The average Bonchev–Trinajstić information content (AvgIpc) is 3.09. The molecular formula is C18H17N3O4. The number of benzene rings is 2. The number of aromatic nitrogens is 2. The van der Waals surface area contributed by atoms with Crippen LogP contribution in [0.2, 0.25) is 0 Å². The third-order valence-electron chi connectivity index (χ3n) is 3.53. The third kappa shape index (κ3) is 3.95. The normalized spacial score (nSPS) is 10.3. The van der Waals surface area contributed by atoms with E-state index in [9.17, 15) is 4.79 Å². The maximum atomic E-state index is 12.1. The Morgan fingerprint density at radius 2 is 1.96 bits per heavy atom. The molecule has 0 aliphatic rings. The van der Waals surface area contributed by atoms with Gasteiger partial charge in [-0.2, -0.15) is 0 Å². The van der Waals surface area contributed by atoms with Crippen molar-refractivity contribution in [1.82, 2.24) is 10.3 Å². The number of carbonyl (C=O) groups is 1. The average molecular weight is 339 g/mol. The number of ether oxygens (including phenoxy) is 2. The number of hydrogen-bond donors (Lipinski definition) is 1. The molecule has 1 aromatic heterocycles. The molecule has 0 atom stereocenters. The van der Waals surface area contributed by atoms with Crippen LogP contribution in [-0.2, 0) is 4.79 Å². The van der Waals surface area contributed by atoms with E-state index in [1.807, 2.05) is 43.3 Å². The van der Waals surface area contributed by atoms with Gasteiger partial charge in [0.25, 0.3) is 5.91 Å². The standard InChI is InChI=1S/C18H17N3O4/c1-12-10-13(8-9-15(12)23-2)17-18(21-25-20-17)19-16(22)11-24-14-6-4-3-5-7-14/h3-10H,11H2,1-2H3,(H,19,21,22). The fourth-order valence-corrected chi connectivity index (χ4v) is 2.32. The Labute approximate surface area is 144 Å². The van der Waals surface area contributed by atoms with Crippen molar-refractivity contribution in [2.45, 2.75) is 6.92 Å². The molecule has 3 rings (SSSR count). The van der Waals surface area contributed by atoms with Crippen molar-refractivity contribution in [2.75, 3.05) is 19.0 Å². The molecule has 1 heterocycles. The summed E-state index contributed by atoms with van der Waals surface area (Å²) in [6.45, 7) is 1.78. The summed E-state index contributed by atoms with van der Waals surface area (Å²) in [5.41, 5.74) is 2.14. The highest BCUT2D eigenvalue weighted by atomic mass is 16.6. The number of aryl methyl sites for hydroxylation is 1. The summed E-state index contributed by atoms with van der Waals surface area (Å²) in [5, 5.41) is 10.3. The Bertz CT molecular complexity index is 862. The van der Waals surface area contributed by atoms with E-state index in [-0.39, 0.29) is 18.3 Å². The molecule has 3 aromatic rings. The van der Waals surface area contributed by atoms with Crippen LogP contribution in [0.1, 0.15) is 5.56 Å². The minimum atomic E-state index is -0.356. The van der Waals surface area contributed by atoms with Crippen LogP contribution < -0.4 is 14.8 Å². The van der Waals surface area contributed by atoms with E-state index < -0.39 is 0 Å². The summed E-state index contributed by atoms with van der Waals surface area (Å²) in [5.74, 6) is 1.27. The second kappa shape index (κ2) is 7.48. The van der Waals surface area contributed by atoms with E-state index in [2.05, 4.69) is 15.6 Å². The van der Waals surface area contributed by atoms with Crippen molar-refractivity contribution < 1.29 is 18.9 Å². The first-order chi connectivity index (χ1) is 12.2. The number of anilines is 1. The number of amides is 1. The van der Waals surface area contributed by atoms with Crippen LogP contribution in [0.25, 0.3) is 11.3 Å². The summed E-state index contributed by atoms with van der Waals surface area (Å²) in [7, 11) is 1.61. The van der Waals surface area contributed by atoms with Crippen molar-refractivity contribution in [2.24, 2.45) is 0 Å². The second-order valence-electron chi connectivity index (χ2n) is 5.30. The highest BCUT2D eigenvalue weighted by Gasteiger charge is 2.16. The Balaban J connectivity index is 1.69. The van der Waals surface area contributed by atoms with Crippen molar-refractivity contribution in [3.8, 4) is 22.8 Å². The molecule has 0 saturated heterocycles. The molecule has 0 unspecified atom stereocenters. The van der Waals surface area contributed by atoms with E-state index in [1.54, 1.807) is 19.2 Å². The van der Waals surface area contributed by atoms with Gasteiger partial charge < -0.3 is 14.8 Å². The van der Waals surface area contributed by atoms with Gasteiger partial charge in [0.2, 0.25) is 5.82 Å². The Kier molecular flexibility index (Phi) is 4.94. The SMILES string of the molecule is COc1ccc(-c2nonc2NC(=O)COc2ccccc2)cc1C. The molecule has 0 bridgehead atoms. The maximum Gasteiger partial charge on any atom is 0.263 e. The molecule has 0 radical (unpaired) electrons. The van der Waals surface area contributed by atoms with Gasteiger partial charge in [-0.05, 0) is 53.1 Å². The monoisotopic (exact) mass is 339 g/mol. The first-order valence-corrected chi connectivity index (χ1v) is 7.62. The predicted molar refractivity (Wildman–Crippen MR) is 91.6 cm³/mol. The van der Waals surface area contributed by atoms with Gasteiger partial charge in [0, 0.05) is 5.56 Å². The molecule has 7 heteroatoms. The lowest BCUT2D eigenvalue weighted by molar-refractivity contribution is -0.118. The molecule has 2 aromatic carbocycles. The number of methoxy groups -OCH3 is 1. The molecule has 0 saturated carbocycles. The number of nitrogens with zero attached hydrogens (tertiary/aromatic N) is 2. The largest absolute Gasteiger partial charge is 0.496 e. The first kappa shape index (κ1) is 16.5. The van der Waals surface area contributed by atoms with E-state index in [0.29, 0.717) is 11.4 Å². The van der Waals surface area contributed by atoms with Crippen molar-refractivity contribution in [3.05, 3.63) is 54.1 Å². The van der Waals surface area contributed by atoms with Crippen molar-refractivity contribution in [1.29, 1.82) is 0 Å². The zero-order chi connectivity index (χ0) is 17.6. The molecular weight excluding hydrogens is 322 g/mol. The van der Waals surface area contributed by atoms with Crippen LogP contribution in [0.4, 0.5) is 5.82 Å². The van der Waals surface area contributed by atoms with Crippen LogP contribution in [0, 0.1) is 6.92 Å². The van der Waals surface area contributed by atoms with Gasteiger partial charge in [0.1, 0.15) is 11.5 Å². The van der Waals surface area contributed by atoms with E-state index in [1.165, 1.54) is 0 Å². The minimum absolute atomic E-state index is 0.141. The van der Waals surface area contributed by atoms with Crippen LogP contribution in [0.3, 0.4) is 0 Å². The predicted octanol–water partition coefficient (Wildman–Crippen LogP) is 3.07. The van der Waals surface area contributed by atoms with E-state index in [4.69, 9.17) is 14.1 Å². The van der Waals surface area contributed by atoms with Gasteiger partial charge in [-0.3, -0.25) is 4.79 Å². The second-order valence-corrected chi connectivity index (χ2v) is 5.30. The zero-order valence-electron chi connectivity index (χ0n) is 13.9. The highest BCUT2D eigenvalue weighted by Crippen LogP contribution is 2.28. The van der Waals surface area contributed by atoms with Gasteiger partial charge in [-0.25, -0.2) is 4.63 Å². The molecule has 25 heavy (non-hydrogen) atoms. The fraction of sp³-hybridized carbons (Fsp3) is 0.167. The van der Waals surface area contributed by atoms with Gasteiger partial charge in [-0.15, -0.1) is 0 Å². The van der Waals surface area contributed by atoms with Crippen molar-refractivity contribution in [3.63, 3.8) is 0 Å². The molecule has 0 aliphatic carbocycles. The molecule has 0 aliphatic heterocycles. The molecule has 1 amide bonds. The number of nitrogens with one attached hydrogen (secondary N) is 1. The van der Waals surface area contributed by atoms with Gasteiger partial charge in [0.15, 0.2) is 12.3 Å². The molecule has 7 nitrogen and oxygen atoms in total. The summed E-state index contributed by atoms with van der Waals surface area (Å²) in [4.78, 5) is 12.1. The van der Waals surface area contributed by atoms with Crippen LogP contribution in [0.15, 0.2) is 53.2 Å². The summed E-state index contributed by atoms with van der Waals surface area (Å²) >= 11 is 0. The summed E-state index contributed by atoms with van der Waals surface area (Å²) in [6.07, 6.45) is 0. The number of carbonyl (C=O) groups excluding carboxylic acids is 1. The Hall–Kier alpha value is -3.35. The first-order valence-electron chi connectivity index (χ1n) is 7.62. The topological polar surface area (TPSA) is 86.5 Å². The number of rotatable bonds is 6. The minimum Gasteiger partial charge on any atom is -0.496 e. The highest BCUT2D eigenvalue weighted by molar-refractivity contribution is 5.94. The lowest BCUT2D eigenvalue weighted by Crippen LogP contribution is -2.20. The van der Waals surface area contributed by atoms with E-state index >= 15 is 0 Å². The Morgan fingerprint density at radius 1 is 1.16 bits per heavy atom. The lowest BCUT2D eigenvalue weighted by Gasteiger charge is -2.07. The smallest absolute Gasteiger partial charge is 0.263 e. The maximum absolute atomic E-state index is 12.1. The molecule has 1 N–H and O–H groups in total. The van der Waals surface area contributed by atoms with Crippen LogP contribution in [-0.4, -0.2) is 29.9 Å². The number of para-hydroxylation sites is 1. The fourth-order valence-electron chi connectivity index (χ4n) is 2.32. The zero-order valence-corrected chi connectivity index (χ0v) is 13.9. The quantitative estimate of drug-likeness (QED) is 0.743.